The predicted octanol–water partition coefficient (Wildman–Crippen LogP) is 2.22. The van der Waals surface area contributed by atoms with E-state index in [-0.39, 0.29) is 12.5 Å². The molecule has 0 saturated carbocycles. The lowest BCUT2D eigenvalue weighted by atomic mass is 10.0. The molecule has 30 heavy (non-hydrogen) atoms. The Morgan fingerprint density at radius 2 is 2.17 bits per heavy atom. The number of aromatic nitrogens is 4. The molecule has 0 N–H and O–H groups in total. The van der Waals surface area contributed by atoms with Crippen LogP contribution in [-0.2, 0) is 35.6 Å². The van der Waals surface area contributed by atoms with Crippen molar-refractivity contribution in [3.63, 3.8) is 0 Å². The number of fused-ring (bicyclic) bond motifs is 1. The number of amides is 1. The number of nitrogens with zero attached hydrogens (tertiary/aromatic N) is 5. The maximum Gasteiger partial charge on any atom is 0.276 e. The van der Waals surface area contributed by atoms with Crippen LogP contribution < -0.4 is 0 Å². The van der Waals surface area contributed by atoms with Crippen molar-refractivity contribution >= 4 is 5.91 Å². The van der Waals surface area contributed by atoms with Gasteiger partial charge in [-0.3, -0.25) is 9.48 Å². The molecule has 3 aromatic rings. The van der Waals surface area contributed by atoms with Crippen molar-refractivity contribution in [2.45, 2.75) is 39.5 Å². The Morgan fingerprint density at radius 3 is 2.90 bits per heavy atom. The molecule has 3 aromatic heterocycles. The highest BCUT2D eigenvalue weighted by Gasteiger charge is 2.32. The van der Waals surface area contributed by atoms with Crippen LogP contribution in [0.1, 0.15) is 39.5 Å². The first kappa shape index (κ1) is 20.3. The number of rotatable bonds is 8. The van der Waals surface area contributed by atoms with E-state index < -0.39 is 0 Å². The van der Waals surface area contributed by atoms with Gasteiger partial charge in [-0.25, -0.2) is 4.98 Å². The summed E-state index contributed by atoms with van der Waals surface area (Å²) in [6, 6.07) is 0. The molecule has 1 aliphatic heterocycles. The molecule has 0 unspecified atom stereocenters. The zero-order chi connectivity index (χ0) is 21.1. The third-order valence-electron chi connectivity index (χ3n) is 5.29. The van der Waals surface area contributed by atoms with Gasteiger partial charge in [0, 0.05) is 51.6 Å². The molecule has 0 fully saturated rings. The summed E-state index contributed by atoms with van der Waals surface area (Å²) in [4.78, 5) is 19.2. The number of ether oxygens (including phenoxy) is 2. The Bertz CT molecular complexity index is 1010. The molecule has 160 valence electrons. The van der Waals surface area contributed by atoms with Crippen LogP contribution in [0.15, 0.2) is 21.6 Å². The summed E-state index contributed by atoms with van der Waals surface area (Å²) in [5, 5.41) is 8.75. The van der Waals surface area contributed by atoms with Gasteiger partial charge in [0.05, 0.1) is 18.7 Å². The van der Waals surface area contributed by atoms with E-state index in [1.54, 1.807) is 32.3 Å². The second-order valence-electron chi connectivity index (χ2n) is 7.19. The van der Waals surface area contributed by atoms with E-state index in [9.17, 15) is 4.79 Å². The van der Waals surface area contributed by atoms with E-state index in [0.717, 1.165) is 29.9 Å². The fourth-order valence-electron chi connectivity index (χ4n) is 3.77. The number of hydrogen-bond donors (Lipinski definition) is 0. The first-order chi connectivity index (χ1) is 14.6. The van der Waals surface area contributed by atoms with Crippen LogP contribution in [0.4, 0.5) is 0 Å². The zero-order valence-electron chi connectivity index (χ0n) is 17.4. The smallest absolute Gasteiger partial charge is 0.276 e. The fourth-order valence-corrected chi connectivity index (χ4v) is 3.77. The van der Waals surface area contributed by atoms with E-state index in [4.69, 9.17) is 23.5 Å². The fraction of sp³-hybridized carbons (Fsp3) is 0.500. The first-order valence-electron chi connectivity index (χ1n) is 9.83. The molecule has 0 aromatic carbocycles. The van der Waals surface area contributed by atoms with Crippen LogP contribution in [-0.4, -0.2) is 58.1 Å². The zero-order valence-corrected chi connectivity index (χ0v) is 17.4. The summed E-state index contributed by atoms with van der Waals surface area (Å²) in [5.74, 6) is 0.412. The molecule has 4 heterocycles. The van der Waals surface area contributed by atoms with Crippen LogP contribution in [0.5, 0.6) is 0 Å². The average Bonchev–Trinajstić information content (AvgIpc) is 3.48. The number of hydrogen-bond acceptors (Lipinski definition) is 8. The first-order valence-corrected chi connectivity index (χ1v) is 9.83. The lowest BCUT2D eigenvalue weighted by Gasteiger charge is -2.27. The molecule has 0 spiro atoms. The number of oxazole rings is 1. The van der Waals surface area contributed by atoms with Crippen LogP contribution in [0.25, 0.3) is 11.4 Å². The highest BCUT2D eigenvalue weighted by atomic mass is 16.5. The highest BCUT2D eigenvalue weighted by molar-refractivity contribution is 5.94. The molecule has 0 bridgehead atoms. The number of aryl methyl sites for hydroxylation is 2. The van der Waals surface area contributed by atoms with Crippen LogP contribution in [0.2, 0.25) is 0 Å². The molecule has 0 aliphatic carbocycles. The Hall–Kier alpha value is -2.98. The van der Waals surface area contributed by atoms with E-state index in [0.29, 0.717) is 48.8 Å². The molecule has 10 heteroatoms. The lowest BCUT2D eigenvalue weighted by molar-refractivity contribution is 0.0718. The molecule has 1 amide bonds. The van der Waals surface area contributed by atoms with Crippen LogP contribution in [0, 0.1) is 6.92 Å². The monoisotopic (exact) mass is 415 g/mol. The van der Waals surface area contributed by atoms with Crippen molar-refractivity contribution in [2.75, 3.05) is 27.4 Å². The summed E-state index contributed by atoms with van der Waals surface area (Å²) < 4.78 is 22.8. The van der Waals surface area contributed by atoms with E-state index >= 15 is 0 Å². The molecule has 0 radical (unpaired) electrons. The van der Waals surface area contributed by atoms with Gasteiger partial charge in [0.1, 0.15) is 23.4 Å². The number of carbonyl (C=O) groups excluding carboxylic acids is 1. The van der Waals surface area contributed by atoms with Gasteiger partial charge >= 0.3 is 0 Å². The standard InChI is InChI=1S/C20H25N5O5/c1-13-15(10-28-3)19(23-30-13)20(26)24-7-5-17-14(9-24)18(16-11-29-12-21-16)22-25(17)6-4-8-27-2/h11-12H,4-10H2,1-3H3. The second kappa shape index (κ2) is 8.80. The van der Waals surface area contributed by atoms with Gasteiger partial charge in [0.2, 0.25) is 0 Å². The topological polar surface area (TPSA) is 109 Å². The summed E-state index contributed by atoms with van der Waals surface area (Å²) in [6.45, 7) is 4.43. The SMILES string of the molecule is COCCCn1nc(-c2cocn2)c2c1CCN(C(=O)c1noc(C)c1COC)C2. The van der Waals surface area contributed by atoms with Gasteiger partial charge in [0.15, 0.2) is 12.1 Å². The molecule has 4 rings (SSSR count). The molecule has 0 saturated heterocycles. The Morgan fingerprint density at radius 1 is 1.30 bits per heavy atom. The molecular formula is C20H25N5O5. The minimum absolute atomic E-state index is 0.178. The highest BCUT2D eigenvalue weighted by Crippen LogP contribution is 2.30. The molecule has 1 aliphatic rings. The van der Waals surface area contributed by atoms with E-state index in [1.165, 1.54) is 6.39 Å². The third-order valence-corrected chi connectivity index (χ3v) is 5.29. The van der Waals surface area contributed by atoms with Gasteiger partial charge in [-0.2, -0.15) is 5.10 Å². The summed E-state index contributed by atoms with van der Waals surface area (Å²) in [7, 11) is 3.27. The minimum atomic E-state index is -0.178. The third kappa shape index (κ3) is 3.75. The lowest BCUT2D eigenvalue weighted by Crippen LogP contribution is -2.37. The van der Waals surface area contributed by atoms with E-state index in [2.05, 4.69) is 10.1 Å². The Kier molecular flexibility index (Phi) is 5.96. The maximum absolute atomic E-state index is 13.2. The Balaban J connectivity index is 1.63. The number of carbonyl (C=O) groups is 1. The largest absolute Gasteiger partial charge is 0.451 e. The predicted molar refractivity (Wildman–Crippen MR) is 105 cm³/mol. The van der Waals surface area contributed by atoms with E-state index in [1.807, 2.05) is 4.68 Å². The van der Waals surface area contributed by atoms with Gasteiger partial charge in [-0.1, -0.05) is 5.16 Å². The average molecular weight is 415 g/mol. The van der Waals surface area contributed by atoms with Gasteiger partial charge in [-0.05, 0) is 13.3 Å². The van der Waals surface area contributed by atoms with Gasteiger partial charge < -0.3 is 23.3 Å². The van der Waals surface area contributed by atoms with Crippen molar-refractivity contribution in [3.8, 4) is 11.4 Å². The van der Waals surface area contributed by atoms with Gasteiger partial charge in [-0.15, -0.1) is 0 Å². The van der Waals surface area contributed by atoms with Crippen molar-refractivity contribution in [1.29, 1.82) is 0 Å². The summed E-state index contributed by atoms with van der Waals surface area (Å²) >= 11 is 0. The van der Waals surface area contributed by atoms with Crippen molar-refractivity contribution in [1.82, 2.24) is 24.8 Å². The van der Waals surface area contributed by atoms with Crippen molar-refractivity contribution in [2.24, 2.45) is 0 Å². The maximum atomic E-state index is 13.2. The minimum Gasteiger partial charge on any atom is -0.451 e. The quantitative estimate of drug-likeness (QED) is 0.515. The summed E-state index contributed by atoms with van der Waals surface area (Å²) in [6.07, 6.45) is 4.49. The summed E-state index contributed by atoms with van der Waals surface area (Å²) in [5.41, 5.74) is 4.47. The Labute approximate surface area is 173 Å². The second-order valence-corrected chi connectivity index (χ2v) is 7.19. The molecule has 0 atom stereocenters. The molecular weight excluding hydrogens is 390 g/mol. The van der Waals surface area contributed by atoms with Crippen LogP contribution >= 0.6 is 0 Å². The van der Waals surface area contributed by atoms with Crippen LogP contribution in [0.3, 0.4) is 0 Å². The van der Waals surface area contributed by atoms with Crippen molar-refractivity contribution < 1.29 is 23.2 Å². The number of methoxy groups -OCH3 is 2. The van der Waals surface area contributed by atoms with Gasteiger partial charge in [0.25, 0.3) is 5.91 Å². The molecule has 10 nitrogen and oxygen atoms in total. The normalized spacial score (nSPS) is 13.6. The van der Waals surface area contributed by atoms with Crippen molar-refractivity contribution in [3.05, 3.63) is 40.9 Å².